The van der Waals surface area contributed by atoms with E-state index < -0.39 is 0 Å². The average Bonchev–Trinajstić information content (AvgIpc) is 2.97. The lowest BCUT2D eigenvalue weighted by atomic mass is 10.3. The van der Waals surface area contributed by atoms with E-state index in [9.17, 15) is 4.79 Å². The molecule has 0 saturated heterocycles. The smallest absolute Gasteiger partial charge is 0.220 e. The van der Waals surface area contributed by atoms with Crippen molar-refractivity contribution in [3.8, 4) is 0 Å². The van der Waals surface area contributed by atoms with Crippen molar-refractivity contribution in [3.63, 3.8) is 0 Å². The Kier molecular flexibility index (Phi) is 7.02. The predicted octanol–water partition coefficient (Wildman–Crippen LogP) is 1.02. The molecule has 0 spiro atoms. The van der Waals surface area contributed by atoms with Crippen molar-refractivity contribution in [2.75, 3.05) is 38.0 Å². The van der Waals surface area contributed by atoms with Gasteiger partial charge in [0.05, 0.1) is 24.7 Å². The number of fused-ring (bicyclic) bond motifs is 1. The van der Waals surface area contributed by atoms with E-state index in [1.54, 1.807) is 18.0 Å². The molecular formula is C14H21ClN6O2. The van der Waals surface area contributed by atoms with Crippen molar-refractivity contribution in [3.05, 3.63) is 12.5 Å². The summed E-state index contributed by atoms with van der Waals surface area (Å²) in [5, 5.41) is 11.2. The molecule has 2 aromatic heterocycles. The summed E-state index contributed by atoms with van der Waals surface area (Å²) >= 11 is 5.56. The highest BCUT2D eigenvalue weighted by Gasteiger charge is 2.09. The number of nitrogens with one attached hydrogen (secondary N) is 2. The summed E-state index contributed by atoms with van der Waals surface area (Å²) < 4.78 is 6.76. The number of alkyl halides is 1. The Labute approximate surface area is 139 Å². The van der Waals surface area contributed by atoms with Crippen LogP contribution in [0.15, 0.2) is 12.5 Å². The molecule has 0 unspecified atom stereocenters. The number of anilines is 1. The summed E-state index contributed by atoms with van der Waals surface area (Å²) in [6, 6.07) is 0. The van der Waals surface area contributed by atoms with Gasteiger partial charge in [-0.25, -0.2) is 14.6 Å². The number of carbonyl (C=O) groups is 1. The third kappa shape index (κ3) is 5.04. The maximum atomic E-state index is 11.5. The molecule has 0 fully saturated rings. The Morgan fingerprint density at radius 1 is 1.39 bits per heavy atom. The minimum absolute atomic E-state index is 0.00124. The van der Waals surface area contributed by atoms with Crippen molar-refractivity contribution in [2.45, 2.75) is 19.4 Å². The zero-order valence-electron chi connectivity index (χ0n) is 13.1. The normalized spacial score (nSPS) is 10.9. The van der Waals surface area contributed by atoms with E-state index in [2.05, 4.69) is 25.7 Å². The van der Waals surface area contributed by atoms with Crippen LogP contribution in [0.1, 0.15) is 12.8 Å². The SMILES string of the molecule is COCCNc1ncnc2c1cnn2CCNC(=O)CCCCl. The van der Waals surface area contributed by atoms with Crippen LogP contribution in [0, 0.1) is 0 Å². The van der Waals surface area contributed by atoms with E-state index in [-0.39, 0.29) is 5.91 Å². The average molecular weight is 341 g/mol. The number of rotatable bonds is 10. The van der Waals surface area contributed by atoms with Crippen LogP contribution in [0.3, 0.4) is 0 Å². The van der Waals surface area contributed by atoms with E-state index in [1.165, 1.54) is 6.33 Å². The third-order valence-corrected chi connectivity index (χ3v) is 3.48. The molecule has 0 atom stereocenters. The van der Waals surface area contributed by atoms with E-state index in [0.717, 1.165) is 16.9 Å². The number of methoxy groups -OCH3 is 1. The lowest BCUT2D eigenvalue weighted by Gasteiger charge is -2.07. The van der Waals surface area contributed by atoms with Gasteiger partial charge in [-0.2, -0.15) is 5.10 Å². The zero-order valence-corrected chi connectivity index (χ0v) is 13.8. The number of carbonyl (C=O) groups excluding carboxylic acids is 1. The first kappa shape index (κ1) is 17.4. The Hall–Kier alpha value is -1.93. The van der Waals surface area contributed by atoms with Crippen LogP contribution in [0.5, 0.6) is 0 Å². The summed E-state index contributed by atoms with van der Waals surface area (Å²) in [4.78, 5) is 20.0. The van der Waals surface area contributed by atoms with Crippen LogP contribution in [-0.4, -0.2) is 58.3 Å². The summed E-state index contributed by atoms with van der Waals surface area (Å²) in [7, 11) is 1.65. The molecule has 0 aliphatic rings. The molecule has 2 aromatic rings. The molecule has 0 radical (unpaired) electrons. The van der Waals surface area contributed by atoms with Crippen molar-refractivity contribution in [2.24, 2.45) is 0 Å². The Balaban J connectivity index is 1.94. The third-order valence-electron chi connectivity index (χ3n) is 3.22. The molecule has 9 heteroatoms. The molecule has 23 heavy (non-hydrogen) atoms. The number of ether oxygens (including phenoxy) is 1. The van der Waals surface area contributed by atoms with Gasteiger partial charge in [0.1, 0.15) is 12.1 Å². The Bertz CT molecular complexity index is 633. The van der Waals surface area contributed by atoms with Crippen molar-refractivity contribution < 1.29 is 9.53 Å². The molecule has 2 N–H and O–H groups in total. The zero-order chi connectivity index (χ0) is 16.5. The van der Waals surface area contributed by atoms with Gasteiger partial charge in [-0.05, 0) is 6.42 Å². The minimum Gasteiger partial charge on any atom is -0.383 e. The summed E-state index contributed by atoms with van der Waals surface area (Å²) in [5.41, 5.74) is 0.731. The van der Waals surface area contributed by atoms with Crippen LogP contribution >= 0.6 is 11.6 Å². The number of hydrogen-bond acceptors (Lipinski definition) is 6. The fourth-order valence-corrected chi connectivity index (χ4v) is 2.22. The molecule has 126 valence electrons. The Morgan fingerprint density at radius 3 is 3.04 bits per heavy atom. The molecule has 2 rings (SSSR count). The summed E-state index contributed by atoms with van der Waals surface area (Å²) in [6.07, 6.45) is 4.34. The standard InChI is InChI=1S/C14H21ClN6O2/c1-23-8-6-17-13-11-9-20-21(14(11)19-10-18-13)7-5-16-12(22)3-2-4-15/h9-10H,2-8H2,1H3,(H,16,22)(H,17,18,19). The second-order valence-electron chi connectivity index (χ2n) is 4.89. The number of nitrogens with zero attached hydrogens (tertiary/aromatic N) is 4. The van der Waals surface area contributed by atoms with Gasteiger partial charge in [0, 0.05) is 32.5 Å². The van der Waals surface area contributed by atoms with E-state index in [1.807, 2.05) is 0 Å². The van der Waals surface area contributed by atoms with Gasteiger partial charge in [0.25, 0.3) is 0 Å². The van der Waals surface area contributed by atoms with Gasteiger partial charge < -0.3 is 15.4 Å². The number of hydrogen-bond donors (Lipinski definition) is 2. The van der Waals surface area contributed by atoms with E-state index in [4.69, 9.17) is 16.3 Å². The van der Waals surface area contributed by atoms with Crippen molar-refractivity contribution >= 4 is 34.4 Å². The minimum atomic E-state index is -0.00124. The van der Waals surface area contributed by atoms with Crippen LogP contribution in [-0.2, 0) is 16.1 Å². The first-order valence-corrected chi connectivity index (χ1v) is 8.01. The fraction of sp³-hybridized carbons (Fsp3) is 0.571. The quantitative estimate of drug-likeness (QED) is 0.495. The lowest BCUT2D eigenvalue weighted by Crippen LogP contribution is -2.27. The molecule has 0 aromatic carbocycles. The first-order chi connectivity index (χ1) is 11.3. The molecule has 8 nitrogen and oxygen atoms in total. The van der Waals surface area contributed by atoms with E-state index in [0.29, 0.717) is 45.0 Å². The van der Waals surface area contributed by atoms with Gasteiger partial charge in [0.2, 0.25) is 5.91 Å². The molecule has 0 saturated carbocycles. The first-order valence-electron chi connectivity index (χ1n) is 7.48. The molecule has 2 heterocycles. The van der Waals surface area contributed by atoms with Gasteiger partial charge in [-0.15, -0.1) is 11.6 Å². The van der Waals surface area contributed by atoms with Gasteiger partial charge in [0.15, 0.2) is 5.65 Å². The molecular weight excluding hydrogens is 320 g/mol. The largest absolute Gasteiger partial charge is 0.383 e. The maximum absolute atomic E-state index is 11.5. The molecule has 1 amide bonds. The maximum Gasteiger partial charge on any atom is 0.220 e. The van der Waals surface area contributed by atoms with Gasteiger partial charge in [-0.1, -0.05) is 0 Å². The lowest BCUT2D eigenvalue weighted by molar-refractivity contribution is -0.121. The molecule has 0 aliphatic heterocycles. The van der Waals surface area contributed by atoms with Crippen LogP contribution in [0.4, 0.5) is 5.82 Å². The monoisotopic (exact) mass is 340 g/mol. The highest BCUT2D eigenvalue weighted by molar-refractivity contribution is 6.17. The topological polar surface area (TPSA) is 94.0 Å². The summed E-state index contributed by atoms with van der Waals surface area (Å²) in [6.45, 7) is 2.29. The highest BCUT2D eigenvalue weighted by Crippen LogP contribution is 2.18. The summed E-state index contributed by atoms with van der Waals surface area (Å²) in [5.74, 6) is 1.22. The van der Waals surface area contributed by atoms with Crippen LogP contribution in [0.2, 0.25) is 0 Å². The van der Waals surface area contributed by atoms with Crippen molar-refractivity contribution in [1.29, 1.82) is 0 Å². The number of halogens is 1. The molecule has 0 aliphatic carbocycles. The van der Waals surface area contributed by atoms with Crippen LogP contribution < -0.4 is 10.6 Å². The number of aromatic nitrogens is 4. The number of amides is 1. The van der Waals surface area contributed by atoms with Gasteiger partial charge >= 0.3 is 0 Å². The predicted molar refractivity (Wildman–Crippen MR) is 88.7 cm³/mol. The van der Waals surface area contributed by atoms with Gasteiger partial charge in [-0.3, -0.25) is 4.79 Å². The fourth-order valence-electron chi connectivity index (χ4n) is 2.09. The van der Waals surface area contributed by atoms with Crippen LogP contribution in [0.25, 0.3) is 11.0 Å². The Morgan fingerprint density at radius 2 is 2.26 bits per heavy atom. The van der Waals surface area contributed by atoms with E-state index >= 15 is 0 Å². The molecule has 0 bridgehead atoms. The highest BCUT2D eigenvalue weighted by atomic mass is 35.5. The second-order valence-corrected chi connectivity index (χ2v) is 5.27. The van der Waals surface area contributed by atoms with Crippen molar-refractivity contribution in [1.82, 2.24) is 25.1 Å². The second kappa shape index (κ2) is 9.26.